The van der Waals surface area contributed by atoms with E-state index in [0.29, 0.717) is 6.61 Å². The molecule has 0 radical (unpaired) electrons. The van der Waals surface area contributed by atoms with Crippen LogP contribution in [0, 0.1) is 0 Å². The molecule has 9 heavy (non-hydrogen) atoms. The topological polar surface area (TPSA) is 26.3 Å². The molecule has 0 aliphatic rings. The molecule has 0 aliphatic carbocycles. The van der Waals surface area contributed by atoms with Crippen LogP contribution in [-0.2, 0) is 35.7 Å². The fourth-order valence-corrected chi connectivity index (χ4v) is 0.360. The van der Waals surface area contributed by atoms with Crippen LogP contribution in [0.1, 0.15) is 26.7 Å². The summed E-state index contributed by atoms with van der Waals surface area (Å²) in [5.41, 5.74) is 0. The monoisotopic (exact) mass is 206 g/mol. The molecule has 0 aromatic carbocycles. The molecule has 52 valence electrons. The van der Waals surface area contributed by atoms with Gasteiger partial charge in [0.15, 0.2) is 0 Å². The summed E-state index contributed by atoms with van der Waals surface area (Å²) in [6.07, 6.45) is 2.05. The van der Waals surface area contributed by atoms with Crippen LogP contribution in [0.15, 0.2) is 0 Å². The van der Waals surface area contributed by atoms with Gasteiger partial charge in [-0.1, -0.05) is 13.3 Å². The van der Waals surface area contributed by atoms with E-state index in [1.807, 2.05) is 0 Å². The van der Waals surface area contributed by atoms with Crippen molar-refractivity contribution in [1.82, 2.24) is 0 Å². The molecule has 0 aliphatic heterocycles. The summed E-state index contributed by atoms with van der Waals surface area (Å²) in [6.45, 7) is 4.06. The van der Waals surface area contributed by atoms with E-state index in [9.17, 15) is 4.79 Å². The van der Waals surface area contributed by atoms with E-state index in [1.165, 1.54) is 6.92 Å². The van der Waals surface area contributed by atoms with Crippen LogP contribution in [0.3, 0.4) is 0 Å². The summed E-state index contributed by atoms with van der Waals surface area (Å²) in [5, 5.41) is 0. The third kappa shape index (κ3) is 11.8. The maximum absolute atomic E-state index is 10.1. The van der Waals surface area contributed by atoms with Crippen LogP contribution in [-0.4, -0.2) is 12.6 Å². The third-order valence-corrected chi connectivity index (χ3v) is 0.803. The Kier molecular flexibility index (Phi) is 11.2. The molecule has 0 aromatic heterocycles. The number of hydrogen-bond acceptors (Lipinski definition) is 2. The normalized spacial score (nSPS) is 7.78. The van der Waals surface area contributed by atoms with Gasteiger partial charge < -0.3 is 4.74 Å². The molecule has 0 amide bonds. The fraction of sp³-hybridized carbons (Fsp3) is 0.833. The molecule has 0 saturated carbocycles. The summed E-state index contributed by atoms with van der Waals surface area (Å²) >= 11 is 0. The largest absolute Gasteiger partial charge is 0.466 e. The maximum atomic E-state index is 10.1. The maximum Gasteiger partial charge on any atom is 0.302 e. The first kappa shape index (κ1) is 12.1. The van der Waals surface area contributed by atoms with E-state index in [-0.39, 0.29) is 32.2 Å². The van der Waals surface area contributed by atoms with Gasteiger partial charge in [0.05, 0.1) is 6.61 Å². The van der Waals surface area contributed by atoms with E-state index in [4.69, 9.17) is 0 Å². The molecular weight excluding hydrogens is 195 g/mol. The zero-order valence-corrected chi connectivity index (χ0v) is 8.40. The number of carbonyl (C=O) groups is 1. The summed E-state index contributed by atoms with van der Waals surface area (Å²) < 4.78 is 4.64. The number of unbranched alkanes of at least 4 members (excludes halogenated alkanes) is 1. The molecule has 0 saturated heterocycles. The number of rotatable bonds is 3. The first-order valence-corrected chi connectivity index (χ1v) is 2.90. The average molecular weight is 207 g/mol. The molecular formula is C6H12O2Zr. The molecule has 3 heteroatoms. The Morgan fingerprint density at radius 2 is 2.11 bits per heavy atom. The smallest absolute Gasteiger partial charge is 0.302 e. The van der Waals surface area contributed by atoms with Crippen molar-refractivity contribution in [2.45, 2.75) is 26.7 Å². The summed E-state index contributed by atoms with van der Waals surface area (Å²) in [6, 6.07) is 0. The minimum Gasteiger partial charge on any atom is -0.466 e. The average Bonchev–Trinajstić information content (AvgIpc) is 1.66. The Morgan fingerprint density at radius 3 is 2.44 bits per heavy atom. The van der Waals surface area contributed by atoms with Crippen LogP contribution < -0.4 is 0 Å². The molecule has 0 rings (SSSR count). The molecule has 0 N–H and O–H groups in total. The van der Waals surface area contributed by atoms with Gasteiger partial charge in [0.1, 0.15) is 0 Å². The number of carbonyl (C=O) groups excluding carboxylic acids is 1. The van der Waals surface area contributed by atoms with E-state index < -0.39 is 0 Å². The van der Waals surface area contributed by atoms with Crippen molar-refractivity contribution in [1.29, 1.82) is 0 Å². The Morgan fingerprint density at radius 1 is 1.56 bits per heavy atom. The molecule has 0 spiro atoms. The van der Waals surface area contributed by atoms with Gasteiger partial charge >= 0.3 is 5.97 Å². The van der Waals surface area contributed by atoms with Gasteiger partial charge in [-0.15, -0.1) is 0 Å². The van der Waals surface area contributed by atoms with Crippen LogP contribution >= 0.6 is 0 Å². The Bertz CT molecular complexity index is 73.5. The number of ether oxygens (including phenoxy) is 1. The number of esters is 1. The van der Waals surface area contributed by atoms with Crippen molar-refractivity contribution in [2.24, 2.45) is 0 Å². The second kappa shape index (κ2) is 8.35. The van der Waals surface area contributed by atoms with Gasteiger partial charge in [-0.2, -0.15) is 0 Å². The molecule has 0 atom stereocenters. The number of hydrogen-bond donors (Lipinski definition) is 0. The molecule has 2 nitrogen and oxygen atoms in total. The van der Waals surface area contributed by atoms with Crippen molar-refractivity contribution in [3.63, 3.8) is 0 Å². The van der Waals surface area contributed by atoms with E-state index in [1.54, 1.807) is 0 Å². The summed E-state index contributed by atoms with van der Waals surface area (Å²) in [4.78, 5) is 10.1. The van der Waals surface area contributed by atoms with Gasteiger partial charge in [-0.25, -0.2) is 0 Å². The zero-order valence-electron chi connectivity index (χ0n) is 5.94. The van der Waals surface area contributed by atoms with Crippen molar-refractivity contribution in [2.75, 3.05) is 6.61 Å². The van der Waals surface area contributed by atoms with E-state index in [2.05, 4.69) is 11.7 Å². The van der Waals surface area contributed by atoms with Crippen molar-refractivity contribution in [3.05, 3.63) is 0 Å². The molecule has 0 unspecified atom stereocenters. The third-order valence-electron chi connectivity index (χ3n) is 0.803. The summed E-state index contributed by atoms with van der Waals surface area (Å²) in [5.74, 6) is -0.182. The van der Waals surface area contributed by atoms with Gasteiger partial charge in [-0.3, -0.25) is 4.79 Å². The fourth-order valence-electron chi connectivity index (χ4n) is 0.360. The van der Waals surface area contributed by atoms with Crippen molar-refractivity contribution >= 4 is 5.97 Å². The Labute approximate surface area is 75.1 Å². The minimum absolute atomic E-state index is 0. The van der Waals surface area contributed by atoms with Crippen LogP contribution in [0.5, 0.6) is 0 Å². The molecule has 0 heterocycles. The van der Waals surface area contributed by atoms with Gasteiger partial charge in [-0.05, 0) is 6.42 Å². The Balaban J connectivity index is 0. The predicted octanol–water partition coefficient (Wildman–Crippen LogP) is 1.35. The zero-order chi connectivity index (χ0) is 6.41. The minimum atomic E-state index is -0.182. The van der Waals surface area contributed by atoms with Gasteiger partial charge in [0, 0.05) is 33.1 Å². The van der Waals surface area contributed by atoms with Crippen LogP contribution in [0.4, 0.5) is 0 Å². The molecule has 0 aromatic rings. The summed E-state index contributed by atoms with van der Waals surface area (Å²) in [7, 11) is 0. The predicted molar refractivity (Wildman–Crippen MR) is 31.5 cm³/mol. The second-order valence-electron chi connectivity index (χ2n) is 1.69. The van der Waals surface area contributed by atoms with Gasteiger partial charge in [0.25, 0.3) is 0 Å². The SMILES string of the molecule is CCCCOC(C)=O.[Zr]. The second-order valence-corrected chi connectivity index (χ2v) is 1.69. The Hall–Kier alpha value is 0.353. The van der Waals surface area contributed by atoms with Crippen molar-refractivity contribution in [3.8, 4) is 0 Å². The quantitative estimate of drug-likeness (QED) is 0.516. The van der Waals surface area contributed by atoms with Gasteiger partial charge in [0.2, 0.25) is 0 Å². The van der Waals surface area contributed by atoms with Crippen LogP contribution in [0.2, 0.25) is 0 Å². The standard InChI is InChI=1S/C6H12O2.Zr/c1-3-4-5-8-6(2)7;/h3-5H2,1-2H3;. The molecule has 0 fully saturated rings. The van der Waals surface area contributed by atoms with E-state index >= 15 is 0 Å². The first-order chi connectivity index (χ1) is 3.77. The van der Waals surface area contributed by atoms with Crippen LogP contribution in [0.25, 0.3) is 0 Å². The first-order valence-electron chi connectivity index (χ1n) is 2.90. The van der Waals surface area contributed by atoms with E-state index in [0.717, 1.165) is 12.8 Å². The van der Waals surface area contributed by atoms with Crippen molar-refractivity contribution < 1.29 is 35.7 Å². The molecule has 0 bridgehead atoms.